The van der Waals surface area contributed by atoms with Crippen molar-refractivity contribution >= 4 is 45.6 Å². The van der Waals surface area contributed by atoms with Crippen LogP contribution in [0.2, 0.25) is 0 Å². The molecule has 42 valence electrons. The minimum Gasteiger partial charge on any atom is -0.0795 e. The first-order valence-electron chi connectivity index (χ1n) is 2.25. The molecule has 0 rings (SSSR count). The van der Waals surface area contributed by atoms with Gasteiger partial charge in [0, 0.05) is 3.42 Å². The quantitative estimate of drug-likeness (QED) is 0.361. The molecule has 0 saturated carbocycles. The largest absolute Gasteiger partial charge is 0.316 e. The Hall–Kier alpha value is 1.50. The Bertz CT molecular complexity index is 37.8. The van der Waals surface area contributed by atoms with Crippen LogP contribution >= 0.6 is 22.6 Å². The van der Waals surface area contributed by atoms with E-state index in [9.17, 15) is 0 Å². The Morgan fingerprint density at radius 3 is 1.57 bits per heavy atom. The van der Waals surface area contributed by atoms with Crippen molar-refractivity contribution in [3.05, 3.63) is 0 Å². The summed E-state index contributed by atoms with van der Waals surface area (Å²) >= 11 is 2.44. The summed E-state index contributed by atoms with van der Waals surface area (Å²) in [6.07, 6.45) is 1.26. The van der Waals surface area contributed by atoms with Crippen molar-refractivity contribution in [1.29, 1.82) is 0 Å². The molecule has 0 spiro atoms. The first-order valence-corrected chi connectivity index (χ1v) is 3.33. The second-order valence-electron chi connectivity index (χ2n) is 2.07. The summed E-state index contributed by atoms with van der Waals surface area (Å²) in [5, 5.41) is 0. The van der Waals surface area contributed by atoms with Gasteiger partial charge in [0.1, 0.15) is 0 Å². The Morgan fingerprint density at radius 1 is 1.43 bits per heavy atom. The van der Waals surface area contributed by atoms with Gasteiger partial charge in [0.25, 0.3) is 0 Å². The Morgan fingerprint density at radius 2 is 1.57 bits per heavy atom. The molecule has 0 aromatic carbocycles. The van der Waals surface area contributed by atoms with Gasteiger partial charge in [0.2, 0.25) is 0 Å². The lowest BCUT2D eigenvalue weighted by atomic mass is 10.2. The summed E-state index contributed by atoms with van der Waals surface area (Å²) < 4.78 is 0.512. The highest BCUT2D eigenvalue weighted by molar-refractivity contribution is 14.1. The van der Waals surface area contributed by atoms with Gasteiger partial charge in [0.15, 0.2) is 0 Å². The molecule has 0 amide bonds. The Kier molecular flexibility index (Phi) is 7.08. The Balaban J connectivity index is 0. The molecule has 0 fully saturated rings. The minimum atomic E-state index is 0. The highest BCUT2D eigenvalue weighted by atomic mass is 127. The van der Waals surface area contributed by atoms with Crippen molar-refractivity contribution in [2.45, 2.75) is 30.6 Å². The van der Waals surface area contributed by atoms with E-state index in [1.807, 2.05) is 0 Å². The van der Waals surface area contributed by atoms with Crippen molar-refractivity contribution in [1.82, 2.24) is 0 Å². The molecule has 0 atom stereocenters. The van der Waals surface area contributed by atoms with Crippen LogP contribution in [-0.4, -0.2) is 26.5 Å². The van der Waals surface area contributed by atoms with Crippen LogP contribution in [0.1, 0.15) is 27.2 Å². The number of hydrogen-bond acceptors (Lipinski definition) is 0. The van der Waals surface area contributed by atoms with Gasteiger partial charge in [0.05, 0.1) is 0 Å². The third kappa shape index (κ3) is 11.2. The number of alkyl halides is 1. The van der Waals surface area contributed by atoms with Gasteiger partial charge < -0.3 is 0 Å². The van der Waals surface area contributed by atoms with Gasteiger partial charge in [-0.3, -0.25) is 0 Å². The number of hydrogen-bond donors (Lipinski definition) is 0. The van der Waals surface area contributed by atoms with Crippen molar-refractivity contribution in [2.24, 2.45) is 0 Å². The van der Waals surface area contributed by atoms with Crippen LogP contribution in [-0.2, 0) is 0 Å². The van der Waals surface area contributed by atoms with Crippen LogP contribution in [0.3, 0.4) is 0 Å². The standard InChI is InChI=1S/C5H11I.Mg.2H/c1-4-5(2,3)6;;;/h4H2,1-3H3;;;. The molecule has 0 aromatic heterocycles. The third-order valence-corrected chi connectivity index (χ3v) is 1.60. The molecule has 0 N–H and O–H groups in total. The fourth-order valence-corrected chi connectivity index (χ4v) is 0. The molecule has 0 saturated heterocycles. The fourth-order valence-electron chi connectivity index (χ4n) is 0. The van der Waals surface area contributed by atoms with Crippen LogP contribution in [0.15, 0.2) is 0 Å². The SMILES string of the molecule is CCC(C)(C)I.[MgH2]. The lowest BCUT2D eigenvalue weighted by Gasteiger charge is -2.10. The average molecular weight is 224 g/mol. The molecule has 0 aromatic rings. The van der Waals surface area contributed by atoms with Crippen LogP contribution in [0.5, 0.6) is 0 Å². The predicted octanol–water partition coefficient (Wildman–Crippen LogP) is 1.69. The zero-order valence-electron chi connectivity index (χ0n) is 4.59. The van der Waals surface area contributed by atoms with Gasteiger partial charge in [-0.15, -0.1) is 0 Å². The van der Waals surface area contributed by atoms with E-state index in [1.54, 1.807) is 0 Å². The van der Waals surface area contributed by atoms with Gasteiger partial charge in [-0.25, -0.2) is 0 Å². The highest BCUT2D eigenvalue weighted by Crippen LogP contribution is 2.19. The predicted molar refractivity (Wildman–Crippen MR) is 46.9 cm³/mol. The van der Waals surface area contributed by atoms with E-state index >= 15 is 0 Å². The molecular weight excluding hydrogens is 211 g/mol. The van der Waals surface area contributed by atoms with E-state index in [0.717, 1.165) is 0 Å². The molecule has 0 nitrogen and oxygen atoms in total. The van der Waals surface area contributed by atoms with Crippen LogP contribution < -0.4 is 0 Å². The molecule has 0 unspecified atom stereocenters. The second kappa shape index (κ2) is 4.38. The number of rotatable bonds is 1. The van der Waals surface area contributed by atoms with Crippen LogP contribution in [0.25, 0.3) is 0 Å². The third-order valence-electron chi connectivity index (χ3n) is 0.841. The lowest BCUT2D eigenvalue weighted by molar-refractivity contribution is 0.719. The second-order valence-corrected chi connectivity index (χ2v) is 4.99. The summed E-state index contributed by atoms with van der Waals surface area (Å²) in [5.41, 5.74) is 0. The maximum absolute atomic E-state index is 2.44. The van der Waals surface area contributed by atoms with E-state index in [4.69, 9.17) is 0 Å². The molecule has 0 aliphatic heterocycles. The summed E-state index contributed by atoms with van der Waals surface area (Å²) in [5.74, 6) is 0. The summed E-state index contributed by atoms with van der Waals surface area (Å²) in [7, 11) is 0. The van der Waals surface area contributed by atoms with Gasteiger partial charge in [-0.1, -0.05) is 43.4 Å². The molecular formula is C5H13IMg. The van der Waals surface area contributed by atoms with Crippen LogP contribution in [0.4, 0.5) is 0 Å². The average Bonchev–Trinajstić information content (AvgIpc) is 1.35. The van der Waals surface area contributed by atoms with E-state index in [2.05, 4.69) is 43.4 Å². The van der Waals surface area contributed by atoms with Gasteiger partial charge >= 0.3 is 23.1 Å². The number of halogens is 1. The summed E-state index contributed by atoms with van der Waals surface area (Å²) in [6.45, 7) is 6.66. The molecule has 0 bridgehead atoms. The molecule has 0 aliphatic rings. The molecule has 7 heavy (non-hydrogen) atoms. The lowest BCUT2D eigenvalue weighted by Crippen LogP contribution is -2.04. The zero-order chi connectivity index (χ0) is 5.21. The van der Waals surface area contributed by atoms with E-state index in [-0.39, 0.29) is 23.1 Å². The normalized spacial score (nSPS) is 10.3. The highest BCUT2D eigenvalue weighted by Gasteiger charge is 2.05. The van der Waals surface area contributed by atoms with Gasteiger partial charge in [-0.2, -0.15) is 0 Å². The summed E-state index contributed by atoms with van der Waals surface area (Å²) in [4.78, 5) is 0. The topological polar surface area (TPSA) is 0 Å². The maximum Gasteiger partial charge on any atom is 0.316 e. The van der Waals surface area contributed by atoms with Crippen molar-refractivity contribution in [3.63, 3.8) is 0 Å². The molecule has 0 aliphatic carbocycles. The minimum absolute atomic E-state index is 0. The van der Waals surface area contributed by atoms with Crippen molar-refractivity contribution in [3.8, 4) is 0 Å². The Labute approximate surface area is 75.7 Å². The van der Waals surface area contributed by atoms with Crippen LogP contribution in [0, 0.1) is 0 Å². The van der Waals surface area contributed by atoms with Crippen molar-refractivity contribution in [2.75, 3.05) is 0 Å². The summed E-state index contributed by atoms with van der Waals surface area (Å²) in [6, 6.07) is 0. The van der Waals surface area contributed by atoms with Crippen molar-refractivity contribution < 1.29 is 0 Å². The molecule has 2 heteroatoms. The van der Waals surface area contributed by atoms with E-state index in [0.29, 0.717) is 3.42 Å². The van der Waals surface area contributed by atoms with E-state index in [1.165, 1.54) is 6.42 Å². The van der Waals surface area contributed by atoms with Gasteiger partial charge in [-0.05, 0) is 6.42 Å². The first kappa shape index (κ1) is 11.3. The molecule has 0 heterocycles. The monoisotopic (exact) mass is 224 g/mol. The first-order chi connectivity index (χ1) is 2.56. The maximum atomic E-state index is 2.44. The van der Waals surface area contributed by atoms with E-state index < -0.39 is 0 Å². The molecule has 0 radical (unpaired) electrons. The fraction of sp³-hybridized carbons (Fsp3) is 1.00. The smallest absolute Gasteiger partial charge is 0.0795 e. The zero-order valence-corrected chi connectivity index (χ0v) is 6.74.